The van der Waals surface area contributed by atoms with Crippen LogP contribution in [0.1, 0.15) is 0 Å². The van der Waals surface area contributed by atoms with E-state index in [4.69, 9.17) is 5.73 Å². The van der Waals surface area contributed by atoms with Gasteiger partial charge in [0.05, 0.1) is 5.52 Å². The van der Waals surface area contributed by atoms with Crippen molar-refractivity contribution in [3.05, 3.63) is 24.0 Å². The number of imidazole rings is 1. The van der Waals surface area contributed by atoms with Gasteiger partial charge in [-0.15, -0.1) is 0 Å². The summed E-state index contributed by atoms with van der Waals surface area (Å²) in [4.78, 5) is 6.93. The zero-order valence-electron chi connectivity index (χ0n) is 7.94. The molecular formula is C9H6FN5O. The molecule has 0 bridgehead atoms. The first kappa shape index (κ1) is 8.84. The number of nitrogens with two attached hydrogens (primary N) is 1. The van der Waals surface area contributed by atoms with E-state index < -0.39 is 5.82 Å². The Morgan fingerprint density at radius 1 is 1.31 bits per heavy atom. The highest BCUT2D eigenvalue weighted by molar-refractivity contribution is 5.80. The van der Waals surface area contributed by atoms with Crippen LogP contribution in [-0.4, -0.2) is 20.3 Å². The van der Waals surface area contributed by atoms with Gasteiger partial charge in [0.25, 0.3) is 0 Å². The van der Waals surface area contributed by atoms with Crippen LogP contribution in [0.3, 0.4) is 0 Å². The van der Waals surface area contributed by atoms with Gasteiger partial charge in [-0.25, -0.2) is 14.0 Å². The van der Waals surface area contributed by atoms with Gasteiger partial charge in [-0.1, -0.05) is 6.07 Å². The van der Waals surface area contributed by atoms with Crippen LogP contribution in [0.5, 0.6) is 0 Å². The quantitative estimate of drug-likeness (QED) is 0.644. The van der Waals surface area contributed by atoms with Crippen molar-refractivity contribution < 1.29 is 9.02 Å². The third kappa shape index (κ3) is 1.14. The summed E-state index contributed by atoms with van der Waals surface area (Å²) in [6.45, 7) is 0. The van der Waals surface area contributed by atoms with Gasteiger partial charge >= 0.3 is 0 Å². The van der Waals surface area contributed by atoms with Crippen LogP contribution in [-0.2, 0) is 0 Å². The monoisotopic (exact) mass is 219 g/mol. The number of H-pyrrole nitrogens is 1. The molecule has 3 N–H and O–H groups in total. The number of benzene rings is 1. The molecule has 6 nitrogen and oxygen atoms in total. The van der Waals surface area contributed by atoms with Crippen LogP contribution >= 0.6 is 0 Å². The molecular weight excluding hydrogens is 213 g/mol. The first-order chi connectivity index (χ1) is 7.75. The Hall–Kier alpha value is -2.44. The summed E-state index contributed by atoms with van der Waals surface area (Å²) in [6, 6.07) is 4.63. The maximum absolute atomic E-state index is 13.4. The van der Waals surface area contributed by atoms with E-state index >= 15 is 0 Å². The lowest BCUT2D eigenvalue weighted by Crippen LogP contribution is -1.89. The van der Waals surface area contributed by atoms with Crippen LogP contribution < -0.4 is 5.73 Å². The first-order valence-corrected chi connectivity index (χ1v) is 4.48. The Balaban J connectivity index is 2.27. The van der Waals surface area contributed by atoms with Crippen molar-refractivity contribution >= 4 is 16.9 Å². The normalized spacial score (nSPS) is 11.1. The third-order valence-electron chi connectivity index (χ3n) is 2.20. The minimum atomic E-state index is -0.407. The Morgan fingerprint density at radius 2 is 2.19 bits per heavy atom. The second-order valence-electron chi connectivity index (χ2n) is 3.22. The number of halogens is 1. The number of aromatic amines is 1. The number of hydrogen-bond acceptors (Lipinski definition) is 5. The van der Waals surface area contributed by atoms with Crippen molar-refractivity contribution in [2.24, 2.45) is 0 Å². The minimum Gasteiger partial charge on any atom is -0.379 e. The fraction of sp³-hybridized carbons (Fsp3) is 0. The van der Waals surface area contributed by atoms with Crippen LogP contribution in [0, 0.1) is 5.82 Å². The van der Waals surface area contributed by atoms with Crippen molar-refractivity contribution in [1.29, 1.82) is 0 Å². The lowest BCUT2D eigenvalue weighted by molar-refractivity contribution is 0.310. The lowest BCUT2D eigenvalue weighted by Gasteiger charge is -1.86. The lowest BCUT2D eigenvalue weighted by atomic mass is 10.3. The van der Waals surface area contributed by atoms with E-state index in [2.05, 4.69) is 24.9 Å². The average molecular weight is 219 g/mol. The largest absolute Gasteiger partial charge is 0.379 e. The van der Waals surface area contributed by atoms with Gasteiger partial charge in [-0.2, -0.15) is 0 Å². The molecule has 0 atom stereocenters. The van der Waals surface area contributed by atoms with Crippen LogP contribution in [0.15, 0.2) is 22.8 Å². The number of fused-ring (bicyclic) bond motifs is 1. The SMILES string of the molecule is Nc1nonc1-c1nc2c(F)cccc2[nH]1. The number of aromatic nitrogens is 4. The Bertz CT molecular complexity index is 659. The van der Waals surface area contributed by atoms with Crippen molar-refractivity contribution in [2.75, 3.05) is 5.73 Å². The fourth-order valence-corrected chi connectivity index (χ4v) is 1.47. The number of nitrogens with zero attached hydrogens (tertiary/aromatic N) is 3. The zero-order chi connectivity index (χ0) is 11.1. The number of nitrogen functional groups attached to an aromatic ring is 1. The van der Waals surface area contributed by atoms with Crippen molar-refractivity contribution in [3.8, 4) is 11.5 Å². The molecule has 0 aliphatic carbocycles. The molecule has 0 amide bonds. The maximum atomic E-state index is 13.4. The highest BCUT2D eigenvalue weighted by Gasteiger charge is 2.14. The molecule has 3 aromatic rings. The van der Waals surface area contributed by atoms with Crippen LogP contribution in [0.2, 0.25) is 0 Å². The molecule has 0 saturated heterocycles. The summed E-state index contributed by atoms with van der Waals surface area (Å²) >= 11 is 0. The molecule has 2 heterocycles. The molecule has 2 aromatic heterocycles. The smallest absolute Gasteiger partial charge is 0.199 e. The van der Waals surface area contributed by atoms with Gasteiger partial charge in [-0.3, -0.25) is 0 Å². The van der Waals surface area contributed by atoms with E-state index in [0.717, 1.165) is 0 Å². The maximum Gasteiger partial charge on any atom is 0.199 e. The van der Waals surface area contributed by atoms with Gasteiger partial charge < -0.3 is 10.7 Å². The molecule has 7 heteroatoms. The Morgan fingerprint density at radius 3 is 2.88 bits per heavy atom. The molecule has 0 radical (unpaired) electrons. The van der Waals surface area contributed by atoms with Gasteiger partial charge in [0.15, 0.2) is 23.2 Å². The van der Waals surface area contributed by atoms with Gasteiger partial charge in [0.1, 0.15) is 5.52 Å². The summed E-state index contributed by atoms with van der Waals surface area (Å²) < 4.78 is 17.8. The van der Waals surface area contributed by atoms with Gasteiger partial charge in [0.2, 0.25) is 0 Å². The highest BCUT2D eigenvalue weighted by Crippen LogP contribution is 2.23. The summed E-state index contributed by atoms with van der Waals surface area (Å²) in [6.07, 6.45) is 0. The van der Waals surface area contributed by atoms with Crippen LogP contribution in [0.25, 0.3) is 22.6 Å². The van der Waals surface area contributed by atoms with Crippen molar-refractivity contribution in [2.45, 2.75) is 0 Å². The standard InChI is InChI=1S/C9H6FN5O/c10-4-2-1-3-5-6(4)13-9(12-5)7-8(11)15-16-14-7/h1-3H,(H2,11,15)(H,12,13). The van der Waals surface area contributed by atoms with E-state index in [1.165, 1.54) is 6.07 Å². The molecule has 0 unspecified atom stereocenters. The van der Waals surface area contributed by atoms with E-state index in [9.17, 15) is 4.39 Å². The van der Waals surface area contributed by atoms with E-state index in [1.807, 2.05) is 0 Å². The number of rotatable bonds is 1. The molecule has 80 valence electrons. The average Bonchev–Trinajstić information content (AvgIpc) is 2.84. The molecule has 0 saturated carbocycles. The van der Waals surface area contributed by atoms with E-state index in [1.54, 1.807) is 12.1 Å². The number of para-hydroxylation sites is 1. The minimum absolute atomic E-state index is 0.111. The first-order valence-electron chi connectivity index (χ1n) is 4.48. The number of hydrogen-bond donors (Lipinski definition) is 2. The molecule has 0 aliphatic heterocycles. The summed E-state index contributed by atoms with van der Waals surface area (Å²) in [7, 11) is 0. The topological polar surface area (TPSA) is 93.6 Å². The number of nitrogens with one attached hydrogen (secondary N) is 1. The summed E-state index contributed by atoms with van der Waals surface area (Å²) in [5.41, 5.74) is 6.59. The molecule has 1 aromatic carbocycles. The van der Waals surface area contributed by atoms with Gasteiger partial charge in [0, 0.05) is 0 Å². The highest BCUT2D eigenvalue weighted by atomic mass is 19.1. The Labute approximate surface area is 88.2 Å². The van der Waals surface area contributed by atoms with Crippen LogP contribution in [0.4, 0.5) is 10.2 Å². The molecule has 0 fully saturated rings. The fourth-order valence-electron chi connectivity index (χ4n) is 1.47. The van der Waals surface area contributed by atoms with E-state index in [0.29, 0.717) is 11.3 Å². The van der Waals surface area contributed by atoms with E-state index in [-0.39, 0.29) is 17.0 Å². The summed E-state index contributed by atoms with van der Waals surface area (Å²) in [5, 5.41) is 7.01. The van der Waals surface area contributed by atoms with Crippen molar-refractivity contribution in [3.63, 3.8) is 0 Å². The predicted octanol–water partition coefficient (Wildman–Crippen LogP) is 1.33. The third-order valence-corrected chi connectivity index (χ3v) is 2.20. The molecule has 0 aliphatic rings. The molecule has 16 heavy (non-hydrogen) atoms. The molecule has 0 spiro atoms. The summed E-state index contributed by atoms with van der Waals surface area (Å²) in [5.74, 6) is 0.0355. The second kappa shape index (κ2) is 3.02. The predicted molar refractivity (Wildman–Crippen MR) is 53.8 cm³/mol. The number of anilines is 1. The second-order valence-corrected chi connectivity index (χ2v) is 3.22. The molecule has 3 rings (SSSR count). The van der Waals surface area contributed by atoms with Gasteiger partial charge in [-0.05, 0) is 22.4 Å². The zero-order valence-corrected chi connectivity index (χ0v) is 7.94. The van der Waals surface area contributed by atoms with Crippen molar-refractivity contribution in [1.82, 2.24) is 20.3 Å². The Kier molecular flexibility index (Phi) is 1.67.